The molecule has 1 aromatic carbocycles. The average Bonchev–Trinajstić information content (AvgIpc) is 2.76. The van der Waals surface area contributed by atoms with Crippen LogP contribution in [0.1, 0.15) is 46.9 Å². The van der Waals surface area contributed by atoms with Gasteiger partial charge in [-0.15, -0.1) is 0 Å². The maximum atomic E-state index is 12.0. The molecule has 3 aromatic rings. The molecule has 7 heteroatoms. The van der Waals surface area contributed by atoms with E-state index in [0.717, 1.165) is 23.1 Å². The Morgan fingerprint density at radius 1 is 0.970 bits per heavy atom. The largest absolute Gasteiger partial charge is 0.481 e. The van der Waals surface area contributed by atoms with E-state index in [1.165, 1.54) is 0 Å². The summed E-state index contributed by atoms with van der Waals surface area (Å²) in [4.78, 5) is 34.0. The predicted molar refractivity (Wildman–Crippen MR) is 127 cm³/mol. The van der Waals surface area contributed by atoms with Crippen molar-refractivity contribution in [1.82, 2.24) is 14.9 Å². The van der Waals surface area contributed by atoms with E-state index in [1.54, 1.807) is 26.0 Å². The number of carboxylic acid groups (broad SMARTS) is 1. The summed E-state index contributed by atoms with van der Waals surface area (Å²) in [7, 11) is 6.00. The highest BCUT2D eigenvalue weighted by molar-refractivity contribution is 5.78. The van der Waals surface area contributed by atoms with Gasteiger partial charge in [-0.2, -0.15) is 0 Å². The first-order chi connectivity index (χ1) is 15.5. The van der Waals surface area contributed by atoms with Gasteiger partial charge < -0.3 is 14.7 Å². The van der Waals surface area contributed by atoms with E-state index in [4.69, 9.17) is 4.74 Å². The van der Waals surface area contributed by atoms with Gasteiger partial charge >= 0.3 is 5.97 Å². The van der Waals surface area contributed by atoms with Gasteiger partial charge in [0.1, 0.15) is 6.29 Å². The van der Waals surface area contributed by atoms with Gasteiger partial charge in [-0.25, -0.2) is 9.97 Å². The first-order valence-corrected chi connectivity index (χ1v) is 10.6. The van der Waals surface area contributed by atoms with Gasteiger partial charge in [-0.1, -0.05) is 36.4 Å². The highest BCUT2D eigenvalue weighted by Gasteiger charge is 2.44. The molecular weight excluding hydrogens is 418 g/mol. The van der Waals surface area contributed by atoms with E-state index in [2.05, 4.69) is 9.97 Å². The van der Waals surface area contributed by atoms with E-state index in [0.29, 0.717) is 28.6 Å². The topological polar surface area (TPSA) is 92.6 Å². The van der Waals surface area contributed by atoms with Crippen molar-refractivity contribution in [3.05, 3.63) is 70.9 Å². The lowest BCUT2D eigenvalue weighted by molar-refractivity contribution is -0.147. The number of fused-ring (bicyclic) bond motifs is 2. The summed E-state index contributed by atoms with van der Waals surface area (Å²) in [6.07, 6.45) is 0.788. The number of carbonyl (C=O) groups is 2. The summed E-state index contributed by atoms with van der Waals surface area (Å²) in [5, 5.41) is 9.87. The van der Waals surface area contributed by atoms with Crippen molar-refractivity contribution in [1.29, 1.82) is 0 Å². The Balaban J connectivity index is 0.000000709. The number of aromatic nitrogens is 2. The summed E-state index contributed by atoms with van der Waals surface area (Å²) in [6.45, 7) is 5.25. The molecule has 0 saturated heterocycles. The molecule has 0 spiro atoms. The van der Waals surface area contributed by atoms with Crippen molar-refractivity contribution < 1.29 is 19.4 Å². The monoisotopic (exact) mass is 447 g/mol. The minimum Gasteiger partial charge on any atom is -0.481 e. The number of nitrogens with zero attached hydrogens (tertiary/aromatic N) is 3. The number of benzene rings is 1. The molecule has 0 amide bonds. The summed E-state index contributed by atoms with van der Waals surface area (Å²) in [5.41, 5.74) is 3.23. The summed E-state index contributed by atoms with van der Waals surface area (Å²) >= 11 is 0. The van der Waals surface area contributed by atoms with Crippen LogP contribution in [0.25, 0.3) is 11.3 Å². The summed E-state index contributed by atoms with van der Waals surface area (Å²) in [5.74, 6) is -0.620. The minimum absolute atomic E-state index is 0.354. The Bertz CT molecular complexity index is 1170. The van der Waals surface area contributed by atoms with E-state index < -0.39 is 17.3 Å². The van der Waals surface area contributed by atoms with Crippen LogP contribution in [0.2, 0.25) is 0 Å². The van der Waals surface area contributed by atoms with Crippen LogP contribution < -0.4 is 4.74 Å². The van der Waals surface area contributed by atoms with Gasteiger partial charge in [0.25, 0.3) is 0 Å². The highest BCUT2D eigenvalue weighted by atomic mass is 16.5. The van der Waals surface area contributed by atoms with E-state index in [9.17, 15) is 14.7 Å². The third kappa shape index (κ3) is 5.09. The van der Waals surface area contributed by atoms with Crippen LogP contribution in [0, 0.1) is 12.3 Å². The molecule has 1 atom stereocenters. The molecule has 1 N–H and O–H groups in total. The number of aldehydes is 1. The molecule has 0 aliphatic carbocycles. The van der Waals surface area contributed by atoms with Crippen molar-refractivity contribution >= 4 is 12.3 Å². The van der Waals surface area contributed by atoms with Gasteiger partial charge in [0.2, 0.25) is 11.8 Å². The maximum absolute atomic E-state index is 12.0. The number of hydrogen-bond donors (Lipinski definition) is 1. The molecule has 0 bridgehead atoms. The lowest BCUT2D eigenvalue weighted by Gasteiger charge is -2.35. The smallest absolute Gasteiger partial charge is 0.310 e. The third-order valence-corrected chi connectivity index (χ3v) is 5.35. The second kappa shape index (κ2) is 9.50. The molecule has 33 heavy (non-hydrogen) atoms. The van der Waals surface area contributed by atoms with Crippen molar-refractivity contribution in [2.45, 2.75) is 26.7 Å². The lowest BCUT2D eigenvalue weighted by atomic mass is 9.71. The Morgan fingerprint density at radius 2 is 1.52 bits per heavy atom. The van der Waals surface area contributed by atoms with Gasteiger partial charge in [-0.05, 0) is 54.0 Å². The molecule has 1 unspecified atom stereocenters. The number of carboxylic acids is 1. The number of aryl methyl sites for hydroxylation is 1. The molecule has 0 radical (unpaired) electrons. The predicted octanol–water partition coefficient (Wildman–Crippen LogP) is 4.79. The Hall–Kier alpha value is -3.58. The number of hydrogen-bond acceptors (Lipinski definition) is 6. The lowest BCUT2D eigenvalue weighted by Crippen LogP contribution is -2.34. The molecule has 0 fully saturated rings. The normalized spacial score (nSPS) is 14.3. The third-order valence-electron chi connectivity index (χ3n) is 5.35. The Labute approximate surface area is 194 Å². The number of pyridine rings is 2. The quantitative estimate of drug-likeness (QED) is 0.575. The molecule has 3 heterocycles. The van der Waals surface area contributed by atoms with Crippen LogP contribution in [0.4, 0.5) is 0 Å². The minimum atomic E-state index is -1.08. The number of carbonyl (C=O) groups excluding carboxylic acids is 1. The molecule has 4 rings (SSSR count). The summed E-state index contributed by atoms with van der Waals surface area (Å²) < 4.78 is 6.00. The zero-order valence-electron chi connectivity index (χ0n) is 19.8. The van der Waals surface area contributed by atoms with Crippen LogP contribution in [0.3, 0.4) is 0 Å². The van der Waals surface area contributed by atoms with E-state index in [1.807, 2.05) is 69.4 Å². The molecule has 1 aliphatic rings. The highest BCUT2D eigenvalue weighted by Crippen LogP contribution is 2.51. The van der Waals surface area contributed by atoms with Crippen molar-refractivity contribution in [2.24, 2.45) is 5.41 Å². The average molecular weight is 448 g/mol. The number of ether oxygens (including phenoxy) is 1. The Kier molecular flexibility index (Phi) is 6.93. The summed E-state index contributed by atoms with van der Waals surface area (Å²) in [6, 6.07) is 14.5. The zero-order chi connectivity index (χ0) is 24.3. The fraction of sp³-hybridized carbons (Fsp3) is 0.308. The van der Waals surface area contributed by atoms with Crippen LogP contribution in [-0.4, -0.2) is 53.4 Å². The molecule has 7 nitrogen and oxygen atoms in total. The van der Waals surface area contributed by atoms with Crippen LogP contribution >= 0.6 is 0 Å². The van der Waals surface area contributed by atoms with E-state index in [-0.39, 0.29) is 0 Å². The van der Waals surface area contributed by atoms with Gasteiger partial charge in [0, 0.05) is 33.9 Å². The van der Waals surface area contributed by atoms with Gasteiger partial charge in [0.15, 0.2) is 0 Å². The molecule has 0 saturated carbocycles. The van der Waals surface area contributed by atoms with E-state index >= 15 is 0 Å². The first kappa shape index (κ1) is 24.1. The second-order valence-corrected chi connectivity index (χ2v) is 9.08. The molecule has 2 aromatic heterocycles. The maximum Gasteiger partial charge on any atom is 0.310 e. The van der Waals surface area contributed by atoms with Crippen molar-refractivity contribution in [3.63, 3.8) is 0 Å². The number of rotatable bonds is 4. The Morgan fingerprint density at radius 3 is 2.06 bits per heavy atom. The zero-order valence-corrected chi connectivity index (χ0v) is 19.8. The second-order valence-electron chi connectivity index (χ2n) is 9.08. The SMILES string of the molecule is CN(C)C.Cc1ccc2c(n1)Oc1nc(-c3ccc(C=O)cc3)ccc1C2C(C)(C)C(=O)O. The van der Waals surface area contributed by atoms with Crippen LogP contribution in [0.15, 0.2) is 48.5 Å². The molecule has 1 aliphatic heterocycles. The van der Waals surface area contributed by atoms with Crippen LogP contribution in [-0.2, 0) is 4.79 Å². The first-order valence-electron chi connectivity index (χ1n) is 10.6. The van der Waals surface area contributed by atoms with Crippen molar-refractivity contribution in [2.75, 3.05) is 21.1 Å². The van der Waals surface area contributed by atoms with Gasteiger partial charge in [-0.3, -0.25) is 9.59 Å². The van der Waals surface area contributed by atoms with Crippen LogP contribution in [0.5, 0.6) is 11.8 Å². The van der Waals surface area contributed by atoms with Gasteiger partial charge in [0.05, 0.1) is 11.1 Å². The fourth-order valence-electron chi connectivity index (χ4n) is 3.65. The van der Waals surface area contributed by atoms with Crippen molar-refractivity contribution in [3.8, 4) is 23.0 Å². The standard InChI is InChI=1S/C23H20N2O4.C3H9N/c1-13-4-9-16-19(23(2,3)22(27)28)17-10-11-18(25-21(17)29-20(16)24-13)15-7-5-14(12-26)6-8-15;1-4(2)3/h4-12,19H,1-3H3,(H,27,28);1-3H3. The molecule has 172 valence electrons. The number of aliphatic carboxylic acids is 1. The molecular formula is C26H29N3O4. The fourth-order valence-corrected chi connectivity index (χ4v) is 3.65.